The number of carbonyl (C=O) groups excluding carboxylic acids is 2. The Kier molecular flexibility index (Phi) is 8.15. The van der Waals surface area contributed by atoms with Crippen molar-refractivity contribution in [2.45, 2.75) is 19.3 Å². The number of hydrogen-bond donors (Lipinski definition) is 0. The zero-order chi connectivity index (χ0) is 18.2. The van der Waals surface area contributed by atoms with Crippen LogP contribution in [0.3, 0.4) is 0 Å². The van der Waals surface area contributed by atoms with Gasteiger partial charge >= 0.3 is 0 Å². The van der Waals surface area contributed by atoms with Crippen molar-refractivity contribution in [3.05, 3.63) is 40.7 Å². The molecule has 4 nitrogen and oxygen atoms in total. The molecule has 0 saturated carbocycles. The molecule has 0 radical (unpaired) electrons. The summed E-state index contributed by atoms with van der Waals surface area (Å²) in [5.74, 6) is -0.528. The van der Waals surface area contributed by atoms with E-state index in [9.17, 15) is 14.0 Å². The molecule has 0 aliphatic carbocycles. The Bertz CT molecular complexity index is 654. The number of halogens is 3. The normalized spacial score (nSPS) is 15.7. The molecule has 7 heteroatoms. The molecule has 0 bridgehead atoms. The van der Waals surface area contributed by atoms with E-state index in [1.54, 1.807) is 17.0 Å². The molecular weight excluding hydrogens is 458 g/mol. The third-order valence-electron chi connectivity index (χ3n) is 4.07. The fourth-order valence-electron chi connectivity index (χ4n) is 2.61. The molecule has 0 atom stereocenters. The molecule has 1 saturated heterocycles. The lowest BCUT2D eigenvalue weighted by atomic mass is 10.2. The van der Waals surface area contributed by atoms with Gasteiger partial charge in [0, 0.05) is 38.7 Å². The van der Waals surface area contributed by atoms with E-state index < -0.39 is 5.82 Å². The molecule has 0 spiro atoms. The second-order valence-corrected chi connectivity index (χ2v) is 7.34. The molecule has 1 fully saturated rings. The summed E-state index contributed by atoms with van der Waals surface area (Å²) >= 11 is 8.07. The van der Waals surface area contributed by atoms with Crippen molar-refractivity contribution >= 4 is 52.1 Å². The average Bonchev–Trinajstić information content (AvgIpc) is 2.78. The first-order valence-electron chi connectivity index (χ1n) is 8.27. The number of rotatable bonds is 6. The van der Waals surface area contributed by atoms with E-state index in [4.69, 9.17) is 11.6 Å². The van der Waals surface area contributed by atoms with Gasteiger partial charge in [-0.25, -0.2) is 4.39 Å². The maximum atomic E-state index is 13.1. The highest BCUT2D eigenvalue weighted by molar-refractivity contribution is 14.1. The quantitative estimate of drug-likeness (QED) is 0.270. The zero-order valence-corrected chi connectivity index (χ0v) is 16.8. The number of unbranched alkanes of at least 4 members (excludes halogenated alkanes) is 1. The van der Waals surface area contributed by atoms with E-state index in [2.05, 4.69) is 22.6 Å². The van der Waals surface area contributed by atoms with Crippen LogP contribution in [0.25, 0.3) is 6.08 Å². The van der Waals surface area contributed by atoms with Crippen LogP contribution in [-0.2, 0) is 9.59 Å². The van der Waals surface area contributed by atoms with Gasteiger partial charge in [0.2, 0.25) is 11.8 Å². The minimum Gasteiger partial charge on any atom is -0.341 e. The van der Waals surface area contributed by atoms with Gasteiger partial charge in [0.05, 0.1) is 5.02 Å². The summed E-state index contributed by atoms with van der Waals surface area (Å²) in [5.41, 5.74) is 0.658. The monoisotopic (exact) mass is 478 g/mol. The Labute approximate surface area is 166 Å². The van der Waals surface area contributed by atoms with Crippen molar-refractivity contribution in [3.63, 3.8) is 0 Å². The van der Waals surface area contributed by atoms with Crippen LogP contribution in [-0.4, -0.2) is 52.2 Å². The Morgan fingerprint density at radius 1 is 1.28 bits per heavy atom. The lowest BCUT2D eigenvalue weighted by molar-refractivity contribution is -0.130. The van der Waals surface area contributed by atoms with Gasteiger partial charge in [0.25, 0.3) is 0 Å². The minimum absolute atomic E-state index is 0.0251. The molecule has 0 unspecified atom stereocenters. The fraction of sp³-hybridized carbons (Fsp3) is 0.444. The van der Waals surface area contributed by atoms with Crippen LogP contribution in [0.2, 0.25) is 5.02 Å². The van der Waals surface area contributed by atoms with Gasteiger partial charge in [0.15, 0.2) is 0 Å². The molecule has 0 N–H and O–H groups in total. The van der Waals surface area contributed by atoms with Crippen LogP contribution in [0.1, 0.15) is 24.8 Å². The highest BCUT2D eigenvalue weighted by Gasteiger charge is 2.22. The van der Waals surface area contributed by atoms with Gasteiger partial charge in [-0.15, -0.1) is 0 Å². The van der Waals surface area contributed by atoms with E-state index in [1.807, 2.05) is 4.90 Å². The third kappa shape index (κ3) is 6.26. The first-order chi connectivity index (χ1) is 12.0. The minimum atomic E-state index is -0.487. The Morgan fingerprint density at radius 3 is 2.80 bits per heavy atom. The third-order valence-corrected chi connectivity index (χ3v) is 5.13. The smallest absolute Gasteiger partial charge is 0.246 e. The second kappa shape index (κ2) is 10.1. The summed E-state index contributed by atoms with van der Waals surface area (Å²) in [4.78, 5) is 28.0. The van der Waals surface area contributed by atoms with Gasteiger partial charge in [-0.3, -0.25) is 9.59 Å². The number of carbonyl (C=O) groups is 2. The molecule has 1 aromatic rings. The van der Waals surface area contributed by atoms with Crippen molar-refractivity contribution in [2.75, 3.05) is 30.6 Å². The average molecular weight is 479 g/mol. The van der Waals surface area contributed by atoms with Crippen LogP contribution in [0.4, 0.5) is 4.39 Å². The lowest BCUT2D eigenvalue weighted by Crippen LogP contribution is -2.35. The van der Waals surface area contributed by atoms with Gasteiger partial charge in [-0.1, -0.05) is 40.3 Å². The summed E-state index contributed by atoms with van der Waals surface area (Å²) < 4.78 is 14.2. The molecule has 25 heavy (non-hydrogen) atoms. The van der Waals surface area contributed by atoms with Gasteiger partial charge in [0.1, 0.15) is 5.82 Å². The zero-order valence-electron chi connectivity index (χ0n) is 13.9. The van der Waals surface area contributed by atoms with Crippen LogP contribution in [0, 0.1) is 5.82 Å². The number of benzene rings is 1. The van der Waals surface area contributed by atoms with Gasteiger partial charge in [-0.05, 0) is 41.0 Å². The maximum absolute atomic E-state index is 13.1. The van der Waals surface area contributed by atoms with Gasteiger partial charge < -0.3 is 9.80 Å². The maximum Gasteiger partial charge on any atom is 0.246 e. The summed E-state index contributed by atoms with van der Waals surface area (Å²) in [6, 6.07) is 4.30. The van der Waals surface area contributed by atoms with Crippen molar-refractivity contribution in [2.24, 2.45) is 0 Å². The molecule has 1 aromatic carbocycles. The SMILES string of the molecule is O=C(C=Cc1ccc(F)c(Cl)c1)N1CCC(=O)N(CCCCI)CC1. The number of nitrogens with zero attached hydrogens (tertiary/aromatic N) is 2. The van der Waals surface area contributed by atoms with Crippen LogP contribution >= 0.6 is 34.2 Å². The lowest BCUT2D eigenvalue weighted by Gasteiger charge is -2.21. The predicted octanol–water partition coefficient (Wildman–Crippen LogP) is 3.77. The summed E-state index contributed by atoms with van der Waals surface area (Å²) in [5, 5.41) is 0.0251. The summed E-state index contributed by atoms with van der Waals surface area (Å²) in [6.07, 6.45) is 5.49. The largest absolute Gasteiger partial charge is 0.341 e. The number of hydrogen-bond acceptors (Lipinski definition) is 2. The van der Waals surface area contributed by atoms with Crippen molar-refractivity contribution in [1.82, 2.24) is 9.80 Å². The first kappa shape index (κ1) is 20.2. The van der Waals surface area contributed by atoms with E-state index in [-0.39, 0.29) is 16.8 Å². The first-order valence-corrected chi connectivity index (χ1v) is 10.2. The molecule has 1 aliphatic heterocycles. The Hall–Kier alpha value is -1.15. The van der Waals surface area contributed by atoms with Crippen LogP contribution in [0.15, 0.2) is 24.3 Å². The van der Waals surface area contributed by atoms with Crippen LogP contribution < -0.4 is 0 Å². The molecule has 0 aromatic heterocycles. The highest BCUT2D eigenvalue weighted by Crippen LogP contribution is 2.17. The highest BCUT2D eigenvalue weighted by atomic mass is 127. The van der Waals surface area contributed by atoms with E-state index in [0.29, 0.717) is 31.6 Å². The van der Waals surface area contributed by atoms with Crippen molar-refractivity contribution in [1.29, 1.82) is 0 Å². The molecule has 1 heterocycles. The van der Waals surface area contributed by atoms with E-state index in [0.717, 1.165) is 23.8 Å². The summed E-state index contributed by atoms with van der Waals surface area (Å²) in [7, 11) is 0. The van der Waals surface area contributed by atoms with Gasteiger partial charge in [-0.2, -0.15) is 0 Å². The predicted molar refractivity (Wildman–Crippen MR) is 106 cm³/mol. The Morgan fingerprint density at radius 2 is 2.08 bits per heavy atom. The van der Waals surface area contributed by atoms with Crippen LogP contribution in [0.5, 0.6) is 0 Å². The molecule has 2 amide bonds. The molecule has 2 rings (SSSR count). The van der Waals surface area contributed by atoms with Crippen molar-refractivity contribution < 1.29 is 14.0 Å². The van der Waals surface area contributed by atoms with E-state index >= 15 is 0 Å². The molecule has 1 aliphatic rings. The molecule has 136 valence electrons. The second-order valence-electron chi connectivity index (χ2n) is 5.86. The number of amides is 2. The molecular formula is C18H21ClFIN2O2. The van der Waals surface area contributed by atoms with E-state index in [1.165, 1.54) is 18.2 Å². The Balaban J connectivity index is 1.92. The number of alkyl halides is 1. The fourth-order valence-corrected chi connectivity index (χ4v) is 3.34. The standard InChI is InChI=1S/C18H21ClFIN2O2/c19-15-13-14(3-5-16(15)20)4-6-17(24)23-10-7-18(25)22(11-12-23)9-2-1-8-21/h3-6,13H,1-2,7-12H2. The van der Waals surface area contributed by atoms with Crippen molar-refractivity contribution in [3.8, 4) is 0 Å². The topological polar surface area (TPSA) is 40.6 Å². The summed E-state index contributed by atoms with van der Waals surface area (Å²) in [6.45, 7) is 2.29.